The highest BCUT2D eigenvalue weighted by Gasteiger charge is 2.27. The third-order valence-electron chi connectivity index (χ3n) is 4.87. The van der Waals surface area contributed by atoms with Gasteiger partial charge >= 0.3 is 0 Å². The first-order chi connectivity index (χ1) is 8.79. The standard InChI is InChI=1S/C16H32N2/c1-3-10-17-16-8-4-7-15(16)9-12-18-11-5-6-14(2)13-18/h14-17H,3-13H2,1-2H3. The molecule has 1 heterocycles. The van der Waals surface area contributed by atoms with Gasteiger partial charge in [0.15, 0.2) is 0 Å². The van der Waals surface area contributed by atoms with Gasteiger partial charge in [-0.2, -0.15) is 0 Å². The van der Waals surface area contributed by atoms with Gasteiger partial charge < -0.3 is 10.2 Å². The van der Waals surface area contributed by atoms with Crippen LogP contribution in [0.5, 0.6) is 0 Å². The molecule has 1 aliphatic carbocycles. The Hall–Kier alpha value is -0.0800. The summed E-state index contributed by atoms with van der Waals surface area (Å²) >= 11 is 0. The van der Waals surface area contributed by atoms with Crippen molar-refractivity contribution >= 4 is 0 Å². The minimum atomic E-state index is 0.826. The summed E-state index contributed by atoms with van der Waals surface area (Å²) in [6.07, 6.45) is 9.89. The third-order valence-corrected chi connectivity index (χ3v) is 4.87. The van der Waals surface area contributed by atoms with E-state index in [-0.39, 0.29) is 0 Å². The molecule has 0 amide bonds. The van der Waals surface area contributed by atoms with Crippen molar-refractivity contribution in [2.75, 3.05) is 26.2 Å². The first kappa shape index (κ1) is 14.3. The highest BCUT2D eigenvalue weighted by Crippen LogP contribution is 2.29. The molecule has 0 spiro atoms. The largest absolute Gasteiger partial charge is 0.314 e. The molecular weight excluding hydrogens is 220 g/mol. The summed E-state index contributed by atoms with van der Waals surface area (Å²) in [7, 11) is 0. The first-order valence-electron chi connectivity index (χ1n) is 8.25. The van der Waals surface area contributed by atoms with Gasteiger partial charge in [0, 0.05) is 12.6 Å². The number of nitrogens with one attached hydrogen (secondary N) is 1. The lowest BCUT2D eigenvalue weighted by Gasteiger charge is -2.32. The summed E-state index contributed by atoms with van der Waals surface area (Å²) in [4.78, 5) is 2.71. The minimum Gasteiger partial charge on any atom is -0.314 e. The second kappa shape index (κ2) is 7.49. The van der Waals surface area contributed by atoms with Crippen molar-refractivity contribution < 1.29 is 0 Å². The molecule has 1 aliphatic heterocycles. The van der Waals surface area contributed by atoms with Crippen molar-refractivity contribution in [1.82, 2.24) is 10.2 Å². The molecule has 2 aliphatic rings. The van der Waals surface area contributed by atoms with Gasteiger partial charge in [-0.3, -0.25) is 0 Å². The minimum absolute atomic E-state index is 0.826. The van der Waals surface area contributed by atoms with Crippen LogP contribution in [0.1, 0.15) is 58.8 Å². The molecule has 3 atom stereocenters. The number of likely N-dealkylation sites (tertiary alicyclic amines) is 1. The van der Waals surface area contributed by atoms with Crippen LogP contribution in [0.4, 0.5) is 0 Å². The second-order valence-electron chi connectivity index (χ2n) is 6.59. The number of hydrogen-bond donors (Lipinski definition) is 1. The van der Waals surface area contributed by atoms with Crippen LogP contribution in [0.15, 0.2) is 0 Å². The topological polar surface area (TPSA) is 15.3 Å². The van der Waals surface area contributed by atoms with Crippen molar-refractivity contribution in [3.05, 3.63) is 0 Å². The van der Waals surface area contributed by atoms with E-state index in [4.69, 9.17) is 0 Å². The van der Waals surface area contributed by atoms with Crippen LogP contribution in [0.2, 0.25) is 0 Å². The second-order valence-corrected chi connectivity index (χ2v) is 6.59. The molecule has 3 unspecified atom stereocenters. The zero-order chi connectivity index (χ0) is 12.8. The Labute approximate surface area is 114 Å². The molecule has 0 bridgehead atoms. The summed E-state index contributed by atoms with van der Waals surface area (Å²) in [6, 6.07) is 0.826. The molecule has 2 fully saturated rings. The van der Waals surface area contributed by atoms with E-state index in [0.717, 1.165) is 17.9 Å². The summed E-state index contributed by atoms with van der Waals surface area (Å²) in [5, 5.41) is 3.76. The SMILES string of the molecule is CCCNC1CCCC1CCN1CCCC(C)C1. The molecule has 18 heavy (non-hydrogen) atoms. The molecule has 2 rings (SSSR count). The number of rotatable bonds is 6. The Morgan fingerprint density at radius 1 is 1.17 bits per heavy atom. The van der Waals surface area contributed by atoms with E-state index < -0.39 is 0 Å². The number of hydrogen-bond acceptors (Lipinski definition) is 2. The summed E-state index contributed by atoms with van der Waals surface area (Å²) in [6.45, 7) is 9.94. The molecule has 2 heteroatoms. The van der Waals surface area contributed by atoms with E-state index in [2.05, 4.69) is 24.1 Å². The zero-order valence-electron chi connectivity index (χ0n) is 12.5. The molecule has 2 nitrogen and oxygen atoms in total. The Balaban J connectivity index is 1.68. The molecule has 1 saturated heterocycles. The Bertz CT molecular complexity index is 229. The van der Waals surface area contributed by atoms with Gasteiger partial charge in [-0.1, -0.05) is 20.3 Å². The highest BCUT2D eigenvalue weighted by molar-refractivity contribution is 4.84. The van der Waals surface area contributed by atoms with Gasteiger partial charge in [-0.15, -0.1) is 0 Å². The average molecular weight is 252 g/mol. The predicted octanol–water partition coefficient (Wildman–Crippen LogP) is 3.28. The Morgan fingerprint density at radius 2 is 2.06 bits per heavy atom. The van der Waals surface area contributed by atoms with E-state index in [1.807, 2.05) is 0 Å². The van der Waals surface area contributed by atoms with Crippen molar-refractivity contribution in [3.8, 4) is 0 Å². The van der Waals surface area contributed by atoms with Crippen molar-refractivity contribution in [1.29, 1.82) is 0 Å². The van der Waals surface area contributed by atoms with Gasteiger partial charge in [0.2, 0.25) is 0 Å². The Morgan fingerprint density at radius 3 is 2.83 bits per heavy atom. The Kier molecular flexibility index (Phi) is 5.97. The summed E-state index contributed by atoms with van der Waals surface area (Å²) < 4.78 is 0. The van der Waals surface area contributed by atoms with E-state index in [1.54, 1.807) is 0 Å². The maximum Gasteiger partial charge on any atom is 0.00958 e. The maximum atomic E-state index is 3.76. The maximum absolute atomic E-state index is 3.76. The average Bonchev–Trinajstić information content (AvgIpc) is 2.81. The van der Waals surface area contributed by atoms with Gasteiger partial charge in [0.25, 0.3) is 0 Å². The molecule has 1 N–H and O–H groups in total. The van der Waals surface area contributed by atoms with Crippen LogP contribution >= 0.6 is 0 Å². The van der Waals surface area contributed by atoms with Crippen LogP contribution in [-0.2, 0) is 0 Å². The van der Waals surface area contributed by atoms with Gasteiger partial charge in [-0.05, 0) is 70.0 Å². The monoisotopic (exact) mass is 252 g/mol. The van der Waals surface area contributed by atoms with Gasteiger partial charge in [0.1, 0.15) is 0 Å². The van der Waals surface area contributed by atoms with Crippen LogP contribution in [0, 0.1) is 11.8 Å². The molecule has 0 aromatic carbocycles. The van der Waals surface area contributed by atoms with Crippen molar-refractivity contribution in [3.63, 3.8) is 0 Å². The first-order valence-corrected chi connectivity index (χ1v) is 8.25. The lowest BCUT2D eigenvalue weighted by Crippen LogP contribution is -2.38. The van der Waals surface area contributed by atoms with E-state index in [9.17, 15) is 0 Å². The van der Waals surface area contributed by atoms with E-state index >= 15 is 0 Å². The number of piperidine rings is 1. The van der Waals surface area contributed by atoms with Crippen molar-refractivity contribution in [2.45, 2.75) is 64.8 Å². The molecule has 106 valence electrons. The van der Waals surface area contributed by atoms with E-state index in [1.165, 1.54) is 71.1 Å². The summed E-state index contributed by atoms with van der Waals surface area (Å²) in [5.41, 5.74) is 0. The fourth-order valence-corrected chi connectivity index (χ4v) is 3.82. The van der Waals surface area contributed by atoms with Crippen LogP contribution < -0.4 is 5.32 Å². The molecule has 0 aromatic rings. The molecular formula is C16H32N2. The van der Waals surface area contributed by atoms with Gasteiger partial charge in [-0.25, -0.2) is 0 Å². The van der Waals surface area contributed by atoms with Crippen LogP contribution in [-0.4, -0.2) is 37.1 Å². The molecule has 0 aromatic heterocycles. The zero-order valence-corrected chi connectivity index (χ0v) is 12.5. The third kappa shape index (κ3) is 4.24. The fourth-order valence-electron chi connectivity index (χ4n) is 3.82. The van der Waals surface area contributed by atoms with Crippen LogP contribution in [0.3, 0.4) is 0 Å². The van der Waals surface area contributed by atoms with Crippen LogP contribution in [0.25, 0.3) is 0 Å². The molecule has 0 radical (unpaired) electrons. The van der Waals surface area contributed by atoms with Crippen molar-refractivity contribution in [2.24, 2.45) is 11.8 Å². The van der Waals surface area contributed by atoms with E-state index in [0.29, 0.717) is 0 Å². The normalized spacial score (nSPS) is 34.0. The number of nitrogens with zero attached hydrogens (tertiary/aromatic N) is 1. The van der Waals surface area contributed by atoms with Gasteiger partial charge in [0.05, 0.1) is 0 Å². The quantitative estimate of drug-likeness (QED) is 0.780. The fraction of sp³-hybridized carbons (Fsp3) is 1.00. The summed E-state index contributed by atoms with van der Waals surface area (Å²) in [5.74, 6) is 1.88. The highest BCUT2D eigenvalue weighted by atomic mass is 15.1. The smallest absolute Gasteiger partial charge is 0.00958 e. The molecule has 1 saturated carbocycles. The lowest BCUT2D eigenvalue weighted by atomic mass is 9.96. The predicted molar refractivity (Wildman–Crippen MR) is 78.9 cm³/mol. The lowest BCUT2D eigenvalue weighted by molar-refractivity contribution is 0.169.